The summed E-state index contributed by atoms with van der Waals surface area (Å²) in [6.45, 7) is 3.91. The molecule has 0 spiro atoms. The van der Waals surface area contributed by atoms with Gasteiger partial charge in [0.2, 0.25) is 0 Å². The van der Waals surface area contributed by atoms with Crippen molar-refractivity contribution < 1.29 is 18.9 Å². The summed E-state index contributed by atoms with van der Waals surface area (Å²) in [7, 11) is 6.77. The summed E-state index contributed by atoms with van der Waals surface area (Å²) in [5.41, 5.74) is 3.97. The van der Waals surface area contributed by atoms with Gasteiger partial charge >= 0.3 is 0 Å². The minimum absolute atomic E-state index is 0.615. The third-order valence-electron chi connectivity index (χ3n) is 10.4. The molecule has 0 fully saturated rings. The van der Waals surface area contributed by atoms with Crippen LogP contribution in [0.5, 0.6) is 23.0 Å². The molecule has 4 aromatic carbocycles. The maximum absolute atomic E-state index is 5.54. The molecule has 8 aromatic rings. The van der Waals surface area contributed by atoms with Gasteiger partial charge in [0.05, 0.1) is 51.2 Å². The van der Waals surface area contributed by atoms with Gasteiger partial charge in [0.25, 0.3) is 0 Å². The molecule has 282 valence electrons. The summed E-state index contributed by atoms with van der Waals surface area (Å²) in [5, 5.41) is 8.72. The number of benzene rings is 4. The van der Waals surface area contributed by atoms with Gasteiger partial charge in [0.15, 0.2) is 0 Å². The number of pyridine rings is 4. The van der Waals surface area contributed by atoms with Crippen LogP contribution in [0, 0.1) is 0 Å². The molecule has 0 atom stereocenters. The van der Waals surface area contributed by atoms with E-state index in [-0.39, 0.29) is 0 Å². The number of methoxy groups -OCH3 is 4. The van der Waals surface area contributed by atoms with Crippen LogP contribution in [-0.4, -0.2) is 71.3 Å². The highest BCUT2D eigenvalue weighted by molar-refractivity contribution is 5.88. The molecular formula is C46H44N6O4. The van der Waals surface area contributed by atoms with E-state index >= 15 is 0 Å². The molecule has 8 rings (SSSR count). The van der Waals surface area contributed by atoms with E-state index in [0.717, 1.165) is 102 Å². The molecule has 0 N–H and O–H groups in total. The third kappa shape index (κ3) is 7.89. The molecule has 0 saturated heterocycles. The van der Waals surface area contributed by atoms with Crippen LogP contribution in [0.2, 0.25) is 0 Å². The lowest BCUT2D eigenvalue weighted by Crippen LogP contribution is -2.35. The third-order valence-corrected chi connectivity index (χ3v) is 10.4. The smallest absolute Gasteiger partial charge is 0.119 e. The molecule has 0 amide bonds. The largest absolute Gasteiger partial charge is 0.497 e. The Balaban J connectivity index is 1.16. The van der Waals surface area contributed by atoms with Crippen molar-refractivity contribution in [2.45, 2.75) is 26.2 Å². The van der Waals surface area contributed by atoms with Crippen LogP contribution in [0.15, 0.2) is 122 Å². The van der Waals surface area contributed by atoms with E-state index in [0.29, 0.717) is 26.2 Å². The first kappa shape index (κ1) is 36.6. The van der Waals surface area contributed by atoms with Gasteiger partial charge in [-0.15, -0.1) is 0 Å². The Bertz CT molecular complexity index is 2290. The Morgan fingerprint density at radius 3 is 0.839 bits per heavy atom. The fourth-order valence-electron chi connectivity index (χ4n) is 7.44. The van der Waals surface area contributed by atoms with Crippen molar-refractivity contribution >= 4 is 43.1 Å². The molecule has 56 heavy (non-hydrogen) atoms. The predicted molar refractivity (Wildman–Crippen MR) is 221 cm³/mol. The van der Waals surface area contributed by atoms with Gasteiger partial charge in [-0.05, 0) is 119 Å². The topological polar surface area (TPSA) is 95.0 Å². The van der Waals surface area contributed by atoms with Crippen molar-refractivity contribution in [3.05, 3.63) is 145 Å². The first-order valence-corrected chi connectivity index (χ1v) is 18.6. The first-order valence-electron chi connectivity index (χ1n) is 18.6. The van der Waals surface area contributed by atoms with Crippen LogP contribution < -0.4 is 18.9 Å². The Morgan fingerprint density at radius 1 is 0.357 bits per heavy atom. The predicted octanol–water partition coefficient (Wildman–Crippen LogP) is 8.62. The zero-order chi connectivity index (χ0) is 38.4. The molecular weight excluding hydrogens is 701 g/mol. The lowest BCUT2D eigenvalue weighted by atomic mass is 10.1. The van der Waals surface area contributed by atoms with E-state index < -0.39 is 0 Å². The Morgan fingerprint density at radius 2 is 0.607 bits per heavy atom. The Labute approximate surface area is 326 Å². The highest BCUT2D eigenvalue weighted by Gasteiger charge is 2.19. The van der Waals surface area contributed by atoms with E-state index in [1.807, 2.05) is 73.3 Å². The monoisotopic (exact) mass is 744 g/mol. The molecule has 0 bridgehead atoms. The summed E-state index contributed by atoms with van der Waals surface area (Å²) in [6, 6.07) is 32.8. The second-order valence-electron chi connectivity index (χ2n) is 13.8. The summed E-state index contributed by atoms with van der Waals surface area (Å²) in [6.07, 6.45) is 7.53. The van der Waals surface area contributed by atoms with Crippen molar-refractivity contribution in [2.24, 2.45) is 0 Å². The molecule has 0 aliphatic rings. The highest BCUT2D eigenvalue weighted by atomic mass is 16.5. The van der Waals surface area contributed by atoms with Gasteiger partial charge < -0.3 is 18.9 Å². The van der Waals surface area contributed by atoms with Gasteiger partial charge in [0, 0.05) is 85.6 Å². The van der Waals surface area contributed by atoms with Crippen LogP contribution in [-0.2, 0) is 26.2 Å². The number of ether oxygens (including phenoxy) is 4. The highest BCUT2D eigenvalue weighted by Crippen LogP contribution is 2.29. The molecule has 0 aliphatic heterocycles. The van der Waals surface area contributed by atoms with Crippen molar-refractivity contribution in [3.8, 4) is 23.0 Å². The van der Waals surface area contributed by atoms with Crippen molar-refractivity contribution in [1.29, 1.82) is 0 Å². The van der Waals surface area contributed by atoms with Gasteiger partial charge in [-0.2, -0.15) is 0 Å². The first-order chi connectivity index (χ1) is 27.5. The fraction of sp³-hybridized carbons (Fsp3) is 0.217. The van der Waals surface area contributed by atoms with E-state index in [1.54, 1.807) is 28.4 Å². The van der Waals surface area contributed by atoms with Crippen LogP contribution in [0.4, 0.5) is 0 Å². The average molecular weight is 745 g/mol. The molecule has 4 heterocycles. The van der Waals surface area contributed by atoms with Crippen molar-refractivity contribution in [1.82, 2.24) is 29.7 Å². The number of hydrogen-bond acceptors (Lipinski definition) is 10. The minimum atomic E-state index is 0.615. The van der Waals surface area contributed by atoms with Gasteiger partial charge in [-0.25, -0.2) is 0 Å². The number of rotatable bonds is 15. The molecule has 0 aliphatic carbocycles. The maximum atomic E-state index is 5.54. The van der Waals surface area contributed by atoms with E-state index in [1.165, 1.54) is 0 Å². The average Bonchev–Trinajstić information content (AvgIpc) is 3.24. The Kier molecular flexibility index (Phi) is 10.8. The molecule has 10 heteroatoms. The lowest BCUT2D eigenvalue weighted by molar-refractivity contribution is 0.179. The molecule has 4 aromatic heterocycles. The number of hydrogen-bond donors (Lipinski definition) is 0. The van der Waals surface area contributed by atoms with Crippen LogP contribution >= 0.6 is 0 Å². The normalized spacial score (nSPS) is 11.6. The van der Waals surface area contributed by atoms with E-state index in [4.69, 9.17) is 38.9 Å². The molecule has 10 nitrogen and oxygen atoms in total. The minimum Gasteiger partial charge on any atom is -0.497 e. The number of fused-ring (bicyclic) bond motifs is 4. The Hall–Kier alpha value is -6.36. The maximum Gasteiger partial charge on any atom is 0.119 e. The standard InChI is InChI=1S/C46H44N6O4/c1-53-35-5-9-39-31(23-35)13-17-47-43(39)27-51(28-44-40-10-6-36(54-2)24-32(40)14-18-48-44)21-22-52(29-45-41-11-7-37(55-3)25-33(41)15-19-49-45)30-46-42-12-8-38(56-4)26-34(42)16-20-50-46/h5-20,23-26H,21-22,27-30H2,1-4H3. The lowest BCUT2D eigenvalue weighted by Gasteiger charge is -2.28. The van der Waals surface area contributed by atoms with E-state index in [2.05, 4.69) is 58.3 Å². The van der Waals surface area contributed by atoms with Crippen LogP contribution in [0.3, 0.4) is 0 Å². The summed E-state index contributed by atoms with van der Waals surface area (Å²) >= 11 is 0. The van der Waals surface area contributed by atoms with Crippen LogP contribution in [0.25, 0.3) is 43.1 Å². The molecule has 0 saturated carbocycles. The van der Waals surface area contributed by atoms with E-state index in [9.17, 15) is 0 Å². The second kappa shape index (κ2) is 16.6. The molecule has 0 unspecified atom stereocenters. The van der Waals surface area contributed by atoms with Crippen molar-refractivity contribution in [3.63, 3.8) is 0 Å². The SMILES string of the molecule is COc1ccc2c(CN(CCN(Cc3nccc4cc(OC)ccc34)Cc3nccc4cc(OC)ccc34)Cc3nccc4cc(OC)ccc34)nccc2c1. The van der Waals surface area contributed by atoms with Gasteiger partial charge in [-0.1, -0.05) is 0 Å². The zero-order valence-electron chi connectivity index (χ0n) is 32.1. The summed E-state index contributed by atoms with van der Waals surface area (Å²) in [4.78, 5) is 24.5. The molecule has 0 radical (unpaired) electrons. The number of nitrogens with zero attached hydrogens (tertiary/aromatic N) is 6. The summed E-state index contributed by atoms with van der Waals surface area (Å²) < 4.78 is 22.2. The summed E-state index contributed by atoms with van der Waals surface area (Å²) in [5.74, 6) is 3.27. The van der Waals surface area contributed by atoms with Crippen LogP contribution in [0.1, 0.15) is 22.8 Å². The van der Waals surface area contributed by atoms with Gasteiger partial charge in [0.1, 0.15) is 23.0 Å². The second-order valence-corrected chi connectivity index (χ2v) is 13.8. The quantitative estimate of drug-likeness (QED) is 0.102. The van der Waals surface area contributed by atoms with Gasteiger partial charge in [-0.3, -0.25) is 29.7 Å². The van der Waals surface area contributed by atoms with Crippen molar-refractivity contribution in [2.75, 3.05) is 41.5 Å². The number of aromatic nitrogens is 4. The zero-order valence-corrected chi connectivity index (χ0v) is 32.1. The fourth-order valence-corrected chi connectivity index (χ4v) is 7.44.